The van der Waals surface area contributed by atoms with E-state index in [1.807, 2.05) is 61.5 Å². The number of carbonyl (C=O) groups excluding carboxylic acids is 1. The molecule has 2 nitrogen and oxygen atoms in total. The van der Waals surface area contributed by atoms with Crippen LogP contribution in [0.25, 0.3) is 21.8 Å². The van der Waals surface area contributed by atoms with Crippen molar-refractivity contribution < 1.29 is 4.79 Å². The summed E-state index contributed by atoms with van der Waals surface area (Å²) in [6, 6.07) is 21.8. The van der Waals surface area contributed by atoms with Crippen molar-refractivity contribution >= 4 is 27.6 Å². The number of aryl methyl sites for hydroxylation is 1. The van der Waals surface area contributed by atoms with Crippen molar-refractivity contribution in [2.75, 3.05) is 0 Å². The topological polar surface area (TPSA) is 32.9 Å². The van der Waals surface area contributed by atoms with Gasteiger partial charge in [0.25, 0.3) is 0 Å². The molecule has 0 aliphatic heterocycles. The van der Waals surface area contributed by atoms with E-state index in [1.54, 1.807) is 0 Å². The molecule has 106 valence electrons. The Morgan fingerprint density at radius 1 is 0.818 bits per heavy atom. The predicted octanol–water partition coefficient (Wildman–Crippen LogP) is 4.86. The van der Waals surface area contributed by atoms with Crippen LogP contribution >= 0.6 is 0 Å². The predicted molar refractivity (Wildman–Crippen MR) is 90.4 cm³/mol. The zero-order chi connectivity index (χ0) is 15.1. The number of hydrogen-bond acceptors (Lipinski definition) is 1. The summed E-state index contributed by atoms with van der Waals surface area (Å²) >= 11 is 0. The molecule has 1 heterocycles. The third kappa shape index (κ3) is 1.92. The van der Waals surface area contributed by atoms with Gasteiger partial charge in [-0.15, -0.1) is 0 Å². The maximum Gasteiger partial charge on any atom is 0.193 e. The van der Waals surface area contributed by atoms with E-state index >= 15 is 0 Å². The van der Waals surface area contributed by atoms with Gasteiger partial charge in [-0.25, -0.2) is 0 Å². The highest BCUT2D eigenvalue weighted by Crippen LogP contribution is 2.27. The van der Waals surface area contributed by atoms with Gasteiger partial charge >= 0.3 is 0 Å². The number of aromatic nitrogens is 1. The molecule has 0 bridgehead atoms. The number of para-hydroxylation sites is 1. The van der Waals surface area contributed by atoms with E-state index in [-0.39, 0.29) is 5.78 Å². The normalized spacial score (nSPS) is 11.1. The van der Waals surface area contributed by atoms with Crippen molar-refractivity contribution in [3.63, 3.8) is 0 Å². The highest BCUT2D eigenvalue weighted by atomic mass is 16.1. The minimum atomic E-state index is 0.0743. The monoisotopic (exact) mass is 285 g/mol. The van der Waals surface area contributed by atoms with Crippen LogP contribution in [0.2, 0.25) is 0 Å². The third-order valence-corrected chi connectivity index (χ3v) is 4.16. The van der Waals surface area contributed by atoms with Gasteiger partial charge in [0, 0.05) is 32.9 Å². The molecule has 3 aromatic carbocycles. The molecule has 0 unspecified atom stereocenters. The van der Waals surface area contributed by atoms with E-state index in [1.165, 1.54) is 0 Å². The molecule has 2 heteroatoms. The second-order valence-corrected chi connectivity index (χ2v) is 5.57. The van der Waals surface area contributed by atoms with Crippen molar-refractivity contribution in [3.05, 3.63) is 83.4 Å². The molecule has 0 saturated carbocycles. The number of fused-ring (bicyclic) bond motifs is 3. The second-order valence-electron chi connectivity index (χ2n) is 5.57. The van der Waals surface area contributed by atoms with E-state index in [0.29, 0.717) is 0 Å². The maximum atomic E-state index is 12.8. The lowest BCUT2D eigenvalue weighted by molar-refractivity contribution is 0.103. The molecule has 1 N–H and O–H groups in total. The molecule has 22 heavy (non-hydrogen) atoms. The number of H-pyrrole nitrogens is 1. The van der Waals surface area contributed by atoms with Crippen LogP contribution in [-0.2, 0) is 0 Å². The summed E-state index contributed by atoms with van der Waals surface area (Å²) < 4.78 is 0. The minimum absolute atomic E-state index is 0.0743. The number of aromatic amines is 1. The number of hydrogen-bond donors (Lipinski definition) is 1. The highest BCUT2D eigenvalue weighted by molar-refractivity contribution is 6.14. The first-order valence-electron chi connectivity index (χ1n) is 7.35. The third-order valence-electron chi connectivity index (χ3n) is 4.16. The van der Waals surface area contributed by atoms with E-state index in [9.17, 15) is 4.79 Å². The van der Waals surface area contributed by atoms with Crippen molar-refractivity contribution in [1.82, 2.24) is 4.98 Å². The summed E-state index contributed by atoms with van der Waals surface area (Å²) in [7, 11) is 0. The number of rotatable bonds is 2. The zero-order valence-electron chi connectivity index (χ0n) is 12.3. The van der Waals surface area contributed by atoms with Gasteiger partial charge in [-0.2, -0.15) is 0 Å². The molecule has 0 saturated heterocycles. The van der Waals surface area contributed by atoms with Gasteiger partial charge < -0.3 is 4.98 Å². The van der Waals surface area contributed by atoms with Gasteiger partial charge in [0.2, 0.25) is 0 Å². The van der Waals surface area contributed by atoms with E-state index in [2.05, 4.69) is 17.1 Å². The fraction of sp³-hybridized carbons (Fsp3) is 0.0500. The molecule has 0 spiro atoms. The first-order chi connectivity index (χ1) is 10.7. The lowest BCUT2D eigenvalue weighted by Gasteiger charge is -2.05. The van der Waals surface area contributed by atoms with Crippen LogP contribution in [0.4, 0.5) is 0 Å². The fourth-order valence-electron chi connectivity index (χ4n) is 2.97. The van der Waals surface area contributed by atoms with Gasteiger partial charge in [0.15, 0.2) is 5.78 Å². The Hall–Kier alpha value is -2.87. The quantitative estimate of drug-likeness (QED) is 0.524. The first-order valence-corrected chi connectivity index (χ1v) is 7.35. The Labute approximate surface area is 128 Å². The molecule has 0 amide bonds. The van der Waals surface area contributed by atoms with Crippen molar-refractivity contribution in [2.24, 2.45) is 0 Å². The van der Waals surface area contributed by atoms with Crippen LogP contribution in [0.15, 0.2) is 66.7 Å². The second kappa shape index (κ2) is 4.85. The van der Waals surface area contributed by atoms with Gasteiger partial charge in [-0.3, -0.25) is 4.79 Å². The molecule has 0 aliphatic rings. The largest absolute Gasteiger partial charge is 0.355 e. The molecule has 1 aromatic heterocycles. The Morgan fingerprint density at radius 2 is 1.55 bits per heavy atom. The van der Waals surface area contributed by atoms with Gasteiger partial charge in [-0.05, 0) is 36.8 Å². The maximum absolute atomic E-state index is 12.8. The molecule has 0 aliphatic carbocycles. The lowest BCUT2D eigenvalue weighted by atomic mass is 9.98. The highest BCUT2D eigenvalue weighted by Gasteiger charge is 2.13. The average molecular weight is 285 g/mol. The molecule has 0 fully saturated rings. The smallest absolute Gasteiger partial charge is 0.193 e. The number of carbonyl (C=O) groups is 1. The number of nitrogens with one attached hydrogen (secondary N) is 1. The Bertz CT molecular complexity index is 1010. The van der Waals surface area contributed by atoms with E-state index in [0.717, 1.165) is 38.5 Å². The summed E-state index contributed by atoms with van der Waals surface area (Å²) in [5.74, 6) is 0.0743. The molecule has 4 aromatic rings. The molecule has 0 atom stereocenters. The average Bonchev–Trinajstić information content (AvgIpc) is 2.92. The van der Waals surface area contributed by atoms with Gasteiger partial charge in [0.1, 0.15) is 0 Å². The van der Waals surface area contributed by atoms with Crippen molar-refractivity contribution in [2.45, 2.75) is 6.92 Å². The van der Waals surface area contributed by atoms with E-state index < -0.39 is 0 Å². The minimum Gasteiger partial charge on any atom is -0.355 e. The van der Waals surface area contributed by atoms with Crippen LogP contribution < -0.4 is 0 Å². The van der Waals surface area contributed by atoms with Crippen molar-refractivity contribution in [1.29, 1.82) is 0 Å². The summed E-state index contributed by atoms with van der Waals surface area (Å²) in [5, 5.41) is 2.24. The molecular formula is C20H15NO. The summed E-state index contributed by atoms with van der Waals surface area (Å²) in [5.41, 5.74) is 4.65. The molecule has 4 rings (SSSR count). The Kier molecular flexibility index (Phi) is 2.83. The van der Waals surface area contributed by atoms with Crippen molar-refractivity contribution in [3.8, 4) is 0 Å². The van der Waals surface area contributed by atoms with Crippen LogP contribution in [0, 0.1) is 6.92 Å². The van der Waals surface area contributed by atoms with Gasteiger partial charge in [-0.1, -0.05) is 42.5 Å². The molecular weight excluding hydrogens is 270 g/mol. The van der Waals surface area contributed by atoms with Crippen LogP contribution in [-0.4, -0.2) is 10.8 Å². The fourth-order valence-corrected chi connectivity index (χ4v) is 2.97. The van der Waals surface area contributed by atoms with Crippen LogP contribution in [0.5, 0.6) is 0 Å². The summed E-state index contributed by atoms with van der Waals surface area (Å²) in [6.45, 7) is 1.97. The van der Waals surface area contributed by atoms with Gasteiger partial charge in [0.05, 0.1) is 0 Å². The summed E-state index contributed by atoms with van der Waals surface area (Å²) in [6.07, 6.45) is 0. The standard InChI is InChI=1S/C20H15NO/c1-13-6-2-3-7-15(13)20(22)14-10-11-19-17(12-14)16-8-4-5-9-18(16)21-19/h2-12,21H,1H3. The summed E-state index contributed by atoms with van der Waals surface area (Å²) in [4.78, 5) is 16.1. The SMILES string of the molecule is Cc1ccccc1C(=O)c1ccc2[nH]c3ccccc3c2c1. The van der Waals surface area contributed by atoms with E-state index in [4.69, 9.17) is 0 Å². The molecule has 0 radical (unpaired) electrons. The number of benzene rings is 3. The van der Waals surface area contributed by atoms with Crippen LogP contribution in [0.3, 0.4) is 0 Å². The Morgan fingerprint density at radius 3 is 2.41 bits per heavy atom. The number of ketones is 1. The zero-order valence-corrected chi connectivity index (χ0v) is 12.3. The van der Waals surface area contributed by atoms with Crippen LogP contribution in [0.1, 0.15) is 21.5 Å². The Balaban J connectivity index is 1.91. The lowest BCUT2D eigenvalue weighted by Crippen LogP contribution is -2.03. The first kappa shape index (κ1) is 12.8.